The molecule has 112 valence electrons. The summed E-state index contributed by atoms with van der Waals surface area (Å²) in [6, 6.07) is 0. The molecule has 1 N–H and O–H groups in total. The monoisotopic (exact) mass is 280 g/mol. The molecule has 1 fully saturated rings. The maximum Gasteiger partial charge on any atom is 0.310 e. The molecule has 0 aliphatic heterocycles. The lowest BCUT2D eigenvalue weighted by molar-refractivity contribution is -0.151. The average molecular weight is 280 g/mol. The fraction of sp³-hybridized carbons (Fsp3) is 0.800. The van der Waals surface area contributed by atoms with Gasteiger partial charge in [0.05, 0.1) is 5.41 Å². The Labute approximate surface area is 119 Å². The maximum absolute atomic E-state index is 11.6. The second kappa shape index (κ2) is 6.37. The predicted octanol–water partition coefficient (Wildman–Crippen LogP) is 3.24. The first kappa shape index (κ1) is 15.0. The van der Waals surface area contributed by atoms with Gasteiger partial charge in [0.25, 0.3) is 0 Å². The van der Waals surface area contributed by atoms with Crippen molar-refractivity contribution in [1.82, 2.24) is 10.1 Å². The highest BCUT2D eigenvalue weighted by atomic mass is 16.5. The van der Waals surface area contributed by atoms with Gasteiger partial charge >= 0.3 is 5.97 Å². The summed E-state index contributed by atoms with van der Waals surface area (Å²) in [5.41, 5.74) is -0.694. The number of carboxylic acid groups (broad SMARTS) is 1. The molecule has 1 aliphatic rings. The molecule has 0 radical (unpaired) electrons. The molecule has 2 rings (SSSR count). The van der Waals surface area contributed by atoms with E-state index in [1.54, 1.807) is 0 Å². The molecule has 1 aromatic heterocycles. The molecule has 0 bridgehead atoms. The second-order valence-corrected chi connectivity index (χ2v) is 6.36. The van der Waals surface area contributed by atoms with Gasteiger partial charge in [-0.2, -0.15) is 4.98 Å². The van der Waals surface area contributed by atoms with E-state index in [2.05, 4.69) is 24.0 Å². The molecule has 0 saturated heterocycles. The molecule has 20 heavy (non-hydrogen) atoms. The van der Waals surface area contributed by atoms with Crippen LogP contribution in [-0.2, 0) is 17.6 Å². The fourth-order valence-electron chi connectivity index (χ4n) is 2.87. The third kappa shape index (κ3) is 3.58. The molecule has 0 atom stereocenters. The van der Waals surface area contributed by atoms with Crippen LogP contribution in [0.3, 0.4) is 0 Å². The number of aryl methyl sites for hydroxylation is 1. The summed E-state index contributed by atoms with van der Waals surface area (Å²) in [6.07, 6.45) is 6.68. The van der Waals surface area contributed by atoms with Crippen molar-refractivity contribution in [3.63, 3.8) is 0 Å². The van der Waals surface area contributed by atoms with Gasteiger partial charge in [0.2, 0.25) is 5.89 Å². The Kier molecular flexibility index (Phi) is 4.78. The minimum atomic E-state index is -0.723. The summed E-state index contributed by atoms with van der Waals surface area (Å²) in [5.74, 6) is 1.05. The number of hydrogen-bond donors (Lipinski definition) is 1. The van der Waals surface area contributed by atoms with E-state index in [0.29, 0.717) is 36.9 Å². The van der Waals surface area contributed by atoms with Crippen LogP contribution in [0.2, 0.25) is 0 Å². The molecular formula is C15H24N2O3. The van der Waals surface area contributed by atoms with Crippen LogP contribution >= 0.6 is 0 Å². The second-order valence-electron chi connectivity index (χ2n) is 6.36. The van der Waals surface area contributed by atoms with Crippen LogP contribution in [0.25, 0.3) is 0 Å². The lowest BCUT2D eigenvalue weighted by Gasteiger charge is -2.31. The predicted molar refractivity (Wildman–Crippen MR) is 74.3 cm³/mol. The molecule has 1 heterocycles. The molecule has 1 aromatic rings. The van der Waals surface area contributed by atoms with Crippen molar-refractivity contribution in [2.24, 2.45) is 11.3 Å². The summed E-state index contributed by atoms with van der Waals surface area (Å²) in [5, 5.41) is 13.5. The van der Waals surface area contributed by atoms with Gasteiger partial charge in [0.15, 0.2) is 5.82 Å². The Morgan fingerprint density at radius 2 is 2.05 bits per heavy atom. The van der Waals surface area contributed by atoms with Crippen molar-refractivity contribution in [3.8, 4) is 0 Å². The first-order valence-electron chi connectivity index (χ1n) is 7.57. The number of aromatic nitrogens is 2. The number of nitrogens with zero attached hydrogens (tertiary/aromatic N) is 2. The molecule has 0 amide bonds. The van der Waals surface area contributed by atoms with Crippen LogP contribution in [0.5, 0.6) is 0 Å². The number of aliphatic carboxylic acids is 1. The van der Waals surface area contributed by atoms with E-state index < -0.39 is 11.4 Å². The van der Waals surface area contributed by atoms with Crippen LogP contribution in [0.1, 0.15) is 64.1 Å². The van der Waals surface area contributed by atoms with E-state index in [1.165, 1.54) is 0 Å². The zero-order chi connectivity index (χ0) is 14.6. The normalized spacial score (nSPS) is 18.4. The Morgan fingerprint density at radius 3 is 2.65 bits per heavy atom. The first-order chi connectivity index (χ1) is 9.52. The third-order valence-electron chi connectivity index (χ3n) is 4.21. The van der Waals surface area contributed by atoms with Gasteiger partial charge < -0.3 is 9.63 Å². The number of hydrogen-bond acceptors (Lipinski definition) is 4. The van der Waals surface area contributed by atoms with Gasteiger partial charge in [-0.05, 0) is 25.2 Å². The molecule has 1 saturated carbocycles. The van der Waals surface area contributed by atoms with E-state index in [9.17, 15) is 9.90 Å². The van der Waals surface area contributed by atoms with Crippen molar-refractivity contribution in [1.29, 1.82) is 0 Å². The Balaban J connectivity index is 2.02. The van der Waals surface area contributed by atoms with Crippen molar-refractivity contribution >= 4 is 5.97 Å². The minimum absolute atomic E-state index is 0.372. The van der Waals surface area contributed by atoms with Crippen LogP contribution < -0.4 is 0 Å². The number of carboxylic acids is 1. The Bertz CT molecular complexity index is 448. The number of carbonyl (C=O) groups is 1. The first-order valence-corrected chi connectivity index (χ1v) is 7.57. The van der Waals surface area contributed by atoms with Gasteiger partial charge in [0.1, 0.15) is 0 Å². The molecule has 5 heteroatoms. The number of rotatable bonds is 6. The largest absolute Gasteiger partial charge is 0.481 e. The molecule has 5 nitrogen and oxygen atoms in total. The van der Waals surface area contributed by atoms with Crippen molar-refractivity contribution < 1.29 is 14.4 Å². The van der Waals surface area contributed by atoms with E-state index >= 15 is 0 Å². The zero-order valence-electron chi connectivity index (χ0n) is 12.4. The summed E-state index contributed by atoms with van der Waals surface area (Å²) in [7, 11) is 0. The Hall–Kier alpha value is -1.39. The van der Waals surface area contributed by atoms with Gasteiger partial charge in [0, 0.05) is 12.8 Å². The summed E-state index contributed by atoms with van der Waals surface area (Å²) in [6.45, 7) is 4.31. The van der Waals surface area contributed by atoms with Gasteiger partial charge in [-0.25, -0.2) is 0 Å². The Morgan fingerprint density at radius 1 is 1.35 bits per heavy atom. The van der Waals surface area contributed by atoms with E-state index in [4.69, 9.17) is 4.52 Å². The topological polar surface area (TPSA) is 76.2 Å². The van der Waals surface area contributed by atoms with Gasteiger partial charge in [-0.15, -0.1) is 0 Å². The fourth-order valence-corrected chi connectivity index (χ4v) is 2.87. The van der Waals surface area contributed by atoms with E-state index in [1.807, 2.05) is 0 Å². The molecule has 0 spiro atoms. The smallest absolute Gasteiger partial charge is 0.310 e. The van der Waals surface area contributed by atoms with Gasteiger partial charge in [-0.1, -0.05) is 38.3 Å². The quantitative estimate of drug-likeness (QED) is 0.865. The van der Waals surface area contributed by atoms with Crippen molar-refractivity contribution in [2.75, 3.05) is 0 Å². The van der Waals surface area contributed by atoms with Crippen molar-refractivity contribution in [2.45, 2.75) is 65.2 Å². The highest BCUT2D eigenvalue weighted by Gasteiger charge is 2.41. The van der Waals surface area contributed by atoms with Crippen LogP contribution in [0.4, 0.5) is 0 Å². The molecule has 0 aromatic carbocycles. The van der Waals surface area contributed by atoms with Gasteiger partial charge in [-0.3, -0.25) is 4.79 Å². The zero-order valence-corrected chi connectivity index (χ0v) is 12.4. The van der Waals surface area contributed by atoms with E-state index in [-0.39, 0.29) is 0 Å². The third-order valence-corrected chi connectivity index (χ3v) is 4.21. The standard InChI is InChI=1S/C15H24N2O3/c1-11(2)6-7-12-16-13(20-17-12)10-15(14(18)19)8-4-3-5-9-15/h11H,3-10H2,1-2H3,(H,18,19). The summed E-state index contributed by atoms with van der Waals surface area (Å²) in [4.78, 5) is 16.0. The SMILES string of the molecule is CC(C)CCc1noc(CC2(C(=O)O)CCCCC2)n1. The highest BCUT2D eigenvalue weighted by Crippen LogP contribution is 2.39. The van der Waals surface area contributed by atoms with Crippen LogP contribution in [-0.4, -0.2) is 21.2 Å². The maximum atomic E-state index is 11.6. The molecular weight excluding hydrogens is 256 g/mol. The lowest BCUT2D eigenvalue weighted by atomic mass is 9.72. The minimum Gasteiger partial charge on any atom is -0.481 e. The molecule has 1 aliphatic carbocycles. The van der Waals surface area contributed by atoms with E-state index in [0.717, 1.165) is 32.1 Å². The van der Waals surface area contributed by atoms with Crippen molar-refractivity contribution in [3.05, 3.63) is 11.7 Å². The van der Waals surface area contributed by atoms with Crippen LogP contribution in [0, 0.1) is 11.3 Å². The highest BCUT2D eigenvalue weighted by molar-refractivity contribution is 5.75. The summed E-state index contributed by atoms with van der Waals surface area (Å²) < 4.78 is 5.25. The molecule has 0 unspecified atom stereocenters. The lowest BCUT2D eigenvalue weighted by Crippen LogP contribution is -2.35. The summed E-state index contributed by atoms with van der Waals surface area (Å²) >= 11 is 0. The average Bonchev–Trinajstić information content (AvgIpc) is 2.85. The van der Waals surface area contributed by atoms with Crippen LogP contribution in [0.15, 0.2) is 4.52 Å².